The van der Waals surface area contributed by atoms with Gasteiger partial charge in [-0.25, -0.2) is 8.78 Å². The van der Waals surface area contributed by atoms with Crippen molar-refractivity contribution in [2.75, 3.05) is 37.5 Å². The summed E-state index contributed by atoms with van der Waals surface area (Å²) in [7, 11) is 0. The number of H-pyrrole nitrogens is 1. The molecule has 5 rings (SSSR count). The molecule has 0 aliphatic carbocycles. The number of nitrogens with zero attached hydrogens (tertiary/aromatic N) is 2. The van der Waals surface area contributed by atoms with Crippen LogP contribution in [-0.4, -0.2) is 67.8 Å². The number of aromatic amines is 1. The number of aromatic nitrogens is 1. The molecule has 0 amide bonds. The number of nitrogens with one attached hydrogen (secondary N) is 2. The monoisotopic (exact) mass is 505 g/mol. The lowest BCUT2D eigenvalue weighted by Crippen LogP contribution is -2.54. The lowest BCUT2D eigenvalue weighted by atomic mass is 9.88. The number of hydrogen-bond donors (Lipinski definition) is 2. The van der Waals surface area contributed by atoms with Crippen LogP contribution in [0.4, 0.5) is 18.9 Å². The summed E-state index contributed by atoms with van der Waals surface area (Å²) in [5.74, 6) is -1.80. The minimum absolute atomic E-state index is 0.0358. The van der Waals surface area contributed by atoms with Gasteiger partial charge in [0.05, 0.1) is 24.6 Å². The lowest BCUT2D eigenvalue weighted by molar-refractivity contribution is 0.155. The quantitative estimate of drug-likeness (QED) is 0.452. The minimum atomic E-state index is -2.42. The number of alkyl halides is 1. The number of hydrogen-bond acceptors (Lipinski definition) is 5. The molecule has 1 fully saturated rings. The van der Waals surface area contributed by atoms with E-state index in [1.165, 1.54) is 12.1 Å². The molecule has 6 nitrogen and oxygen atoms in total. The largest absolute Gasteiger partial charge is 0.771 e. The third-order valence-corrected chi connectivity index (χ3v) is 7.57. The Bertz CT molecular complexity index is 1220. The molecule has 0 saturated carbocycles. The van der Waals surface area contributed by atoms with E-state index in [9.17, 15) is 13.2 Å². The molecule has 0 spiro atoms. The van der Waals surface area contributed by atoms with Gasteiger partial charge in [-0.3, -0.25) is 18.4 Å². The highest BCUT2D eigenvalue weighted by Crippen LogP contribution is 2.42. The van der Waals surface area contributed by atoms with Crippen molar-refractivity contribution >= 4 is 27.7 Å². The summed E-state index contributed by atoms with van der Waals surface area (Å²) in [6, 6.07) is 9.09. The van der Waals surface area contributed by atoms with Crippen molar-refractivity contribution in [3.63, 3.8) is 0 Å². The molecule has 1 aromatic heterocycles. The molecule has 188 valence electrons. The summed E-state index contributed by atoms with van der Waals surface area (Å²) in [5.41, 5.74) is 2.59. The zero-order valence-electron chi connectivity index (χ0n) is 19.4. The van der Waals surface area contributed by atoms with Crippen LogP contribution in [0.3, 0.4) is 0 Å². The van der Waals surface area contributed by atoms with Crippen LogP contribution < -0.4 is 5.32 Å². The minimum Gasteiger partial charge on any atom is -0.771 e. The van der Waals surface area contributed by atoms with Gasteiger partial charge in [0.2, 0.25) is 0 Å². The van der Waals surface area contributed by atoms with E-state index in [0.717, 1.165) is 16.5 Å². The Balaban J connectivity index is 1.49. The van der Waals surface area contributed by atoms with Gasteiger partial charge < -0.3 is 14.9 Å². The molecule has 35 heavy (non-hydrogen) atoms. The van der Waals surface area contributed by atoms with Crippen molar-refractivity contribution in [1.82, 2.24) is 14.8 Å². The maximum Gasteiger partial charge on any atom is 0.133 e. The molecule has 3 aromatic rings. The number of anilines is 1. The second-order valence-corrected chi connectivity index (χ2v) is 10.3. The molecular weight excluding hydrogens is 477 g/mol. The number of rotatable bonds is 8. The van der Waals surface area contributed by atoms with Gasteiger partial charge in [0.1, 0.15) is 11.6 Å². The molecule has 1 saturated heterocycles. The topological polar surface area (TPSA) is 74.4 Å². The molecule has 0 radical (unpaired) electrons. The second kappa shape index (κ2) is 9.93. The van der Waals surface area contributed by atoms with Crippen molar-refractivity contribution < 1.29 is 21.9 Å². The van der Waals surface area contributed by atoms with Crippen molar-refractivity contribution in [1.29, 1.82) is 0 Å². The zero-order chi connectivity index (χ0) is 24.7. The summed E-state index contributed by atoms with van der Waals surface area (Å²) < 4.78 is 66.8. The lowest BCUT2D eigenvalue weighted by Gasteiger charge is -2.41. The third kappa shape index (κ3) is 4.72. The van der Waals surface area contributed by atoms with Gasteiger partial charge in [-0.05, 0) is 54.6 Å². The van der Waals surface area contributed by atoms with E-state index in [1.54, 1.807) is 4.90 Å². The molecule has 2 aliphatic heterocycles. The maximum absolute atomic E-state index is 15.6. The first-order valence-corrected chi connectivity index (χ1v) is 13.0. The third-order valence-electron chi connectivity index (χ3n) is 7.06. The van der Waals surface area contributed by atoms with Gasteiger partial charge >= 0.3 is 0 Å². The Morgan fingerprint density at radius 1 is 1.20 bits per heavy atom. The Labute approximate surface area is 204 Å². The van der Waals surface area contributed by atoms with E-state index < -0.39 is 28.8 Å². The highest BCUT2D eigenvalue weighted by atomic mass is 32.2. The fraction of sp³-hybridized carbons (Fsp3) is 0.440. The molecule has 0 bridgehead atoms. The fourth-order valence-corrected chi connectivity index (χ4v) is 6.08. The Kier molecular flexibility index (Phi) is 6.89. The van der Waals surface area contributed by atoms with Gasteiger partial charge in [0, 0.05) is 53.5 Å². The average molecular weight is 506 g/mol. The van der Waals surface area contributed by atoms with Crippen molar-refractivity contribution in [3.05, 3.63) is 64.9 Å². The number of benzene rings is 2. The Hall–Kier alpha value is -2.40. The summed E-state index contributed by atoms with van der Waals surface area (Å²) in [4.78, 5) is 7.02. The first kappa shape index (κ1) is 24.3. The highest BCUT2D eigenvalue weighted by Gasteiger charge is 2.39. The first-order valence-electron chi connectivity index (χ1n) is 11.8. The fourth-order valence-electron chi connectivity index (χ4n) is 5.43. The number of para-hydroxylation sites is 1. The second-order valence-electron chi connectivity index (χ2n) is 9.46. The van der Waals surface area contributed by atoms with Gasteiger partial charge in [-0.15, -0.1) is 0 Å². The van der Waals surface area contributed by atoms with Crippen molar-refractivity contribution in [2.45, 2.75) is 37.9 Å². The molecule has 3 atom stereocenters. The maximum atomic E-state index is 15.6. The van der Waals surface area contributed by atoms with E-state index in [-0.39, 0.29) is 30.2 Å². The molecule has 10 heteroatoms. The smallest absolute Gasteiger partial charge is 0.133 e. The standard InChI is InChI=1S/C25H29F3N4O2S/c1-15-9-19-18-5-2-3-6-22(18)30-24(19)25(32(15)14-35(33)34)23-20(27)10-16(11-21(23)28)29-17-12-31(13-17)8-4-7-26/h2-3,5-6,10-11,15,17,25,29-30H,4,7-9,12-14H2,1H3,(H,33,34)/p-1/t15-,25+/m1/s1. The molecular formula is C25H28F3N4O2S-. The van der Waals surface area contributed by atoms with Crippen LogP contribution in [0.5, 0.6) is 0 Å². The van der Waals surface area contributed by atoms with E-state index in [2.05, 4.69) is 15.2 Å². The SMILES string of the molecule is C[C@@H]1Cc2c([nH]c3ccccc23)[C@H](c2c(F)cc(NC3CN(CCCF)C3)cc2F)N1CS(=O)[O-]. The van der Waals surface area contributed by atoms with Gasteiger partial charge in [0.25, 0.3) is 0 Å². The van der Waals surface area contributed by atoms with E-state index in [0.29, 0.717) is 43.9 Å². The van der Waals surface area contributed by atoms with Gasteiger partial charge in [0.15, 0.2) is 0 Å². The van der Waals surface area contributed by atoms with Gasteiger partial charge in [-0.1, -0.05) is 18.2 Å². The predicted octanol–water partition coefficient (Wildman–Crippen LogP) is 4.07. The molecule has 2 N–H and O–H groups in total. The molecule has 2 aromatic carbocycles. The molecule has 3 heterocycles. The van der Waals surface area contributed by atoms with E-state index in [4.69, 9.17) is 0 Å². The van der Waals surface area contributed by atoms with Crippen molar-refractivity contribution in [3.8, 4) is 0 Å². The van der Waals surface area contributed by atoms with Crippen LogP contribution in [0.2, 0.25) is 0 Å². The van der Waals surface area contributed by atoms with Crippen LogP contribution in [0, 0.1) is 11.6 Å². The van der Waals surface area contributed by atoms with Crippen LogP contribution >= 0.6 is 0 Å². The van der Waals surface area contributed by atoms with Crippen LogP contribution in [-0.2, 0) is 17.5 Å². The molecule has 1 unspecified atom stereocenters. The van der Waals surface area contributed by atoms with Crippen molar-refractivity contribution in [2.24, 2.45) is 0 Å². The van der Waals surface area contributed by atoms with Gasteiger partial charge in [-0.2, -0.15) is 0 Å². The molecule has 2 aliphatic rings. The van der Waals surface area contributed by atoms with E-state index >= 15 is 8.78 Å². The summed E-state index contributed by atoms with van der Waals surface area (Å²) in [6.45, 7) is 3.56. The number of likely N-dealkylation sites (tertiary alicyclic amines) is 1. The van der Waals surface area contributed by atoms with Crippen LogP contribution in [0.15, 0.2) is 36.4 Å². The Morgan fingerprint density at radius 2 is 1.91 bits per heavy atom. The summed E-state index contributed by atoms with van der Waals surface area (Å²) >= 11 is -2.42. The van der Waals surface area contributed by atoms with Crippen LogP contribution in [0.1, 0.15) is 36.2 Å². The summed E-state index contributed by atoms with van der Waals surface area (Å²) in [5, 5.41) is 4.13. The Morgan fingerprint density at radius 3 is 2.60 bits per heavy atom. The number of halogens is 3. The highest BCUT2D eigenvalue weighted by molar-refractivity contribution is 7.79. The number of fused-ring (bicyclic) bond motifs is 3. The van der Waals surface area contributed by atoms with Crippen LogP contribution in [0.25, 0.3) is 10.9 Å². The predicted molar refractivity (Wildman–Crippen MR) is 130 cm³/mol. The average Bonchev–Trinajstić information content (AvgIpc) is 3.14. The zero-order valence-corrected chi connectivity index (χ0v) is 20.2. The normalized spacial score (nSPS) is 22.2. The van der Waals surface area contributed by atoms with E-state index in [1.807, 2.05) is 31.2 Å². The first-order chi connectivity index (χ1) is 16.9. The summed E-state index contributed by atoms with van der Waals surface area (Å²) in [6.07, 6.45) is 1.04.